The van der Waals surface area contributed by atoms with Crippen LogP contribution in [0.4, 0.5) is 5.69 Å². The minimum atomic E-state index is -0.326. The van der Waals surface area contributed by atoms with Crippen LogP contribution in [0.3, 0.4) is 0 Å². The SMILES string of the molecule is C[C@@H](NC(=O)C1CC(=O)N(c2ccc(C(C)(C)C)cc2)C1)c1ccc(Br)cc1. The van der Waals surface area contributed by atoms with Crippen LogP contribution in [0.2, 0.25) is 0 Å². The van der Waals surface area contributed by atoms with Gasteiger partial charge in [0.25, 0.3) is 0 Å². The van der Waals surface area contributed by atoms with Crippen molar-refractivity contribution in [2.45, 2.75) is 45.6 Å². The number of nitrogens with one attached hydrogen (secondary N) is 1. The molecule has 2 amide bonds. The summed E-state index contributed by atoms with van der Waals surface area (Å²) in [6, 6.07) is 15.9. The molecule has 1 saturated heterocycles. The van der Waals surface area contributed by atoms with Crippen molar-refractivity contribution in [2.24, 2.45) is 5.92 Å². The lowest BCUT2D eigenvalue weighted by Gasteiger charge is -2.22. The molecule has 0 aliphatic carbocycles. The number of hydrogen-bond donors (Lipinski definition) is 1. The van der Waals surface area contributed by atoms with E-state index in [4.69, 9.17) is 0 Å². The van der Waals surface area contributed by atoms with E-state index in [9.17, 15) is 9.59 Å². The summed E-state index contributed by atoms with van der Waals surface area (Å²) in [4.78, 5) is 26.9. The molecule has 0 radical (unpaired) electrons. The monoisotopic (exact) mass is 442 g/mol. The van der Waals surface area contributed by atoms with E-state index < -0.39 is 0 Å². The van der Waals surface area contributed by atoms with Gasteiger partial charge in [-0.2, -0.15) is 0 Å². The van der Waals surface area contributed by atoms with Crippen LogP contribution in [0.25, 0.3) is 0 Å². The first-order chi connectivity index (χ1) is 13.1. The Balaban J connectivity index is 1.65. The van der Waals surface area contributed by atoms with E-state index >= 15 is 0 Å². The number of hydrogen-bond acceptors (Lipinski definition) is 2. The highest BCUT2D eigenvalue weighted by molar-refractivity contribution is 9.10. The Labute approximate surface area is 175 Å². The molecule has 1 aliphatic heterocycles. The van der Waals surface area contributed by atoms with Crippen molar-refractivity contribution >= 4 is 33.4 Å². The zero-order chi connectivity index (χ0) is 20.5. The third-order valence-electron chi connectivity index (χ3n) is 5.27. The standard InChI is InChI=1S/C23H27BrN2O2/c1-15(16-5-9-19(24)10-6-16)25-22(28)17-13-21(27)26(14-17)20-11-7-18(8-12-20)23(2,3)4/h5-12,15,17H,13-14H2,1-4H3,(H,25,28)/t15-,17?/m1/s1. The summed E-state index contributed by atoms with van der Waals surface area (Å²) >= 11 is 3.42. The molecule has 5 heteroatoms. The summed E-state index contributed by atoms with van der Waals surface area (Å²) in [6.07, 6.45) is 0.250. The predicted molar refractivity (Wildman–Crippen MR) is 116 cm³/mol. The molecule has 1 fully saturated rings. The molecule has 2 aromatic rings. The van der Waals surface area contributed by atoms with E-state index in [1.165, 1.54) is 5.56 Å². The van der Waals surface area contributed by atoms with E-state index in [0.29, 0.717) is 6.54 Å². The van der Waals surface area contributed by atoms with Crippen LogP contribution < -0.4 is 10.2 Å². The zero-order valence-corrected chi connectivity index (χ0v) is 18.4. The van der Waals surface area contributed by atoms with Gasteiger partial charge in [-0.15, -0.1) is 0 Å². The molecule has 4 nitrogen and oxygen atoms in total. The van der Waals surface area contributed by atoms with Crippen molar-refractivity contribution in [3.05, 3.63) is 64.1 Å². The lowest BCUT2D eigenvalue weighted by atomic mass is 9.87. The van der Waals surface area contributed by atoms with Crippen LogP contribution in [-0.4, -0.2) is 18.4 Å². The molecular weight excluding hydrogens is 416 g/mol. The average Bonchev–Trinajstić information content (AvgIpc) is 3.03. The fourth-order valence-electron chi connectivity index (χ4n) is 3.44. The molecule has 2 aromatic carbocycles. The summed E-state index contributed by atoms with van der Waals surface area (Å²) in [6.45, 7) is 8.87. The third-order valence-corrected chi connectivity index (χ3v) is 5.80. The van der Waals surface area contributed by atoms with E-state index in [1.54, 1.807) is 4.90 Å². The van der Waals surface area contributed by atoms with Crippen LogP contribution in [0.1, 0.15) is 51.3 Å². The van der Waals surface area contributed by atoms with Gasteiger partial charge in [0.2, 0.25) is 11.8 Å². The molecule has 148 valence electrons. The van der Waals surface area contributed by atoms with Crippen molar-refractivity contribution in [3.8, 4) is 0 Å². The first kappa shape index (κ1) is 20.6. The number of carbonyl (C=O) groups excluding carboxylic acids is 2. The fourth-order valence-corrected chi connectivity index (χ4v) is 3.70. The van der Waals surface area contributed by atoms with Crippen LogP contribution in [0.5, 0.6) is 0 Å². The van der Waals surface area contributed by atoms with Crippen LogP contribution in [0.15, 0.2) is 53.0 Å². The quantitative estimate of drug-likeness (QED) is 0.725. The molecule has 28 heavy (non-hydrogen) atoms. The molecule has 1 unspecified atom stereocenters. The number of amides is 2. The number of rotatable bonds is 4. The first-order valence-corrected chi connectivity index (χ1v) is 10.4. The van der Waals surface area contributed by atoms with Crippen LogP contribution >= 0.6 is 15.9 Å². The summed E-state index contributed by atoms with van der Waals surface area (Å²) in [7, 11) is 0. The number of halogens is 1. The highest BCUT2D eigenvalue weighted by Gasteiger charge is 2.35. The second-order valence-corrected chi connectivity index (χ2v) is 9.40. The Morgan fingerprint density at radius 1 is 1.11 bits per heavy atom. The second kappa shape index (κ2) is 8.08. The van der Waals surface area contributed by atoms with Gasteiger partial charge in [0, 0.05) is 23.1 Å². The molecule has 3 rings (SSSR count). The van der Waals surface area contributed by atoms with Gasteiger partial charge in [-0.25, -0.2) is 0 Å². The average molecular weight is 443 g/mol. The van der Waals surface area contributed by atoms with Gasteiger partial charge in [-0.3, -0.25) is 9.59 Å². The summed E-state index contributed by atoms with van der Waals surface area (Å²) in [5.74, 6) is -0.398. The van der Waals surface area contributed by atoms with Gasteiger partial charge in [0.15, 0.2) is 0 Å². The molecule has 0 aromatic heterocycles. The molecular formula is C23H27BrN2O2. The molecule has 0 bridgehead atoms. The predicted octanol–water partition coefficient (Wildman–Crippen LogP) is 4.98. The molecule has 1 heterocycles. The maximum atomic E-state index is 12.7. The number of benzene rings is 2. The lowest BCUT2D eigenvalue weighted by molar-refractivity contribution is -0.126. The maximum Gasteiger partial charge on any atom is 0.227 e. The van der Waals surface area contributed by atoms with Crippen molar-refractivity contribution in [1.29, 1.82) is 0 Å². The number of nitrogens with zero attached hydrogens (tertiary/aromatic N) is 1. The normalized spacial score (nSPS) is 18.2. The summed E-state index contributed by atoms with van der Waals surface area (Å²) in [5.41, 5.74) is 3.18. The lowest BCUT2D eigenvalue weighted by Crippen LogP contribution is -2.34. The minimum Gasteiger partial charge on any atom is -0.349 e. The Bertz CT molecular complexity index is 854. The highest BCUT2D eigenvalue weighted by atomic mass is 79.9. The summed E-state index contributed by atoms with van der Waals surface area (Å²) < 4.78 is 1.00. The van der Waals surface area contributed by atoms with E-state index in [1.807, 2.05) is 43.3 Å². The van der Waals surface area contributed by atoms with Gasteiger partial charge in [0.05, 0.1) is 12.0 Å². The van der Waals surface area contributed by atoms with Crippen molar-refractivity contribution in [3.63, 3.8) is 0 Å². The Morgan fingerprint density at radius 2 is 1.71 bits per heavy atom. The number of anilines is 1. The number of carbonyl (C=O) groups is 2. The maximum absolute atomic E-state index is 12.7. The van der Waals surface area contributed by atoms with Crippen molar-refractivity contribution in [2.75, 3.05) is 11.4 Å². The third kappa shape index (κ3) is 4.64. The van der Waals surface area contributed by atoms with Gasteiger partial charge in [0.1, 0.15) is 0 Å². The largest absolute Gasteiger partial charge is 0.349 e. The fraction of sp³-hybridized carbons (Fsp3) is 0.391. The first-order valence-electron chi connectivity index (χ1n) is 9.62. The minimum absolute atomic E-state index is 0.0000431. The Hall–Kier alpha value is -2.14. The molecule has 0 spiro atoms. The molecule has 0 saturated carbocycles. The van der Waals surface area contributed by atoms with Gasteiger partial charge < -0.3 is 10.2 Å². The second-order valence-electron chi connectivity index (χ2n) is 8.48. The van der Waals surface area contributed by atoms with Crippen LogP contribution in [-0.2, 0) is 15.0 Å². The van der Waals surface area contributed by atoms with E-state index in [2.05, 4.69) is 54.2 Å². The summed E-state index contributed by atoms with van der Waals surface area (Å²) in [5, 5.41) is 3.05. The Kier molecular flexibility index (Phi) is 5.94. The van der Waals surface area contributed by atoms with E-state index in [-0.39, 0.29) is 35.6 Å². The highest BCUT2D eigenvalue weighted by Crippen LogP contribution is 2.29. The van der Waals surface area contributed by atoms with Crippen LogP contribution in [0, 0.1) is 5.92 Å². The zero-order valence-electron chi connectivity index (χ0n) is 16.8. The van der Waals surface area contributed by atoms with Crippen molar-refractivity contribution < 1.29 is 9.59 Å². The van der Waals surface area contributed by atoms with Gasteiger partial charge in [-0.1, -0.05) is 61.0 Å². The molecule has 2 atom stereocenters. The Morgan fingerprint density at radius 3 is 2.29 bits per heavy atom. The van der Waals surface area contributed by atoms with Gasteiger partial charge in [-0.05, 0) is 47.7 Å². The van der Waals surface area contributed by atoms with Gasteiger partial charge >= 0.3 is 0 Å². The topological polar surface area (TPSA) is 49.4 Å². The smallest absolute Gasteiger partial charge is 0.227 e. The van der Waals surface area contributed by atoms with E-state index in [0.717, 1.165) is 15.7 Å². The van der Waals surface area contributed by atoms with Crippen molar-refractivity contribution in [1.82, 2.24) is 5.32 Å². The molecule has 1 aliphatic rings. The molecule has 1 N–H and O–H groups in total.